The summed E-state index contributed by atoms with van der Waals surface area (Å²) >= 11 is 6.15. The number of nitrogens with zero attached hydrogens (tertiary/aromatic N) is 1. The summed E-state index contributed by atoms with van der Waals surface area (Å²) in [5.74, 6) is 0.656. The van der Waals surface area contributed by atoms with E-state index in [0.717, 1.165) is 11.3 Å². The van der Waals surface area contributed by atoms with Crippen molar-refractivity contribution < 1.29 is 19.1 Å². The Morgan fingerprint density at radius 2 is 1.84 bits per heavy atom. The first kappa shape index (κ1) is 20.8. The van der Waals surface area contributed by atoms with E-state index in [9.17, 15) is 9.59 Å². The van der Waals surface area contributed by atoms with Crippen molar-refractivity contribution in [2.75, 3.05) is 18.6 Å². The van der Waals surface area contributed by atoms with Gasteiger partial charge in [0.1, 0.15) is 11.5 Å². The first-order valence-electron chi connectivity index (χ1n) is 9.79. The number of carbonyl (C=O) groups is 2. The molecule has 1 unspecified atom stereocenters. The molecule has 1 aliphatic rings. The van der Waals surface area contributed by atoms with Crippen LogP contribution in [0.3, 0.4) is 0 Å². The molecule has 4 rings (SSSR count). The van der Waals surface area contributed by atoms with E-state index in [4.69, 9.17) is 21.1 Å². The van der Waals surface area contributed by atoms with Crippen LogP contribution in [0.15, 0.2) is 72.8 Å². The first-order valence-corrected chi connectivity index (χ1v) is 10.2. The summed E-state index contributed by atoms with van der Waals surface area (Å²) in [6, 6.07) is 21.3. The molecule has 31 heavy (non-hydrogen) atoms. The third-order valence-corrected chi connectivity index (χ3v) is 5.25. The maximum absolute atomic E-state index is 13.2. The summed E-state index contributed by atoms with van der Waals surface area (Å²) in [5.41, 5.74) is 1.99. The van der Waals surface area contributed by atoms with Crippen molar-refractivity contribution >= 4 is 29.1 Å². The summed E-state index contributed by atoms with van der Waals surface area (Å²) in [6.45, 7) is 0.415. The topological polar surface area (TPSA) is 67.9 Å². The molecule has 0 bridgehead atoms. The Morgan fingerprint density at radius 1 is 1.10 bits per heavy atom. The number of amides is 2. The highest BCUT2D eigenvalue weighted by Gasteiger charge is 2.34. The largest absolute Gasteiger partial charge is 0.497 e. The number of hydrogen-bond acceptors (Lipinski definition) is 4. The van der Waals surface area contributed by atoms with Crippen LogP contribution in [0.2, 0.25) is 5.02 Å². The Kier molecular flexibility index (Phi) is 6.09. The molecule has 0 saturated carbocycles. The first-order chi connectivity index (χ1) is 15.0. The van der Waals surface area contributed by atoms with E-state index in [1.807, 2.05) is 30.3 Å². The molecule has 0 fully saturated rings. The molecule has 0 radical (unpaired) electrons. The van der Waals surface area contributed by atoms with Crippen LogP contribution in [0.1, 0.15) is 15.9 Å². The summed E-state index contributed by atoms with van der Waals surface area (Å²) in [4.78, 5) is 27.6. The molecular weight excluding hydrogens is 416 g/mol. The Bertz CT molecular complexity index is 1090. The predicted molar refractivity (Wildman–Crippen MR) is 119 cm³/mol. The van der Waals surface area contributed by atoms with Gasteiger partial charge in [-0.3, -0.25) is 9.59 Å². The summed E-state index contributed by atoms with van der Waals surface area (Å²) in [7, 11) is 1.60. The van der Waals surface area contributed by atoms with Crippen LogP contribution in [0, 0.1) is 0 Å². The molecule has 2 amide bonds. The number of carbonyl (C=O) groups excluding carboxylic acids is 2. The van der Waals surface area contributed by atoms with Gasteiger partial charge in [0.25, 0.3) is 11.8 Å². The fraction of sp³-hybridized carbons (Fsp3) is 0.167. The van der Waals surface area contributed by atoms with Crippen LogP contribution in [-0.2, 0) is 11.3 Å². The number of hydrogen-bond donors (Lipinski definition) is 1. The lowest BCUT2D eigenvalue weighted by atomic mass is 10.1. The number of benzene rings is 3. The van der Waals surface area contributed by atoms with Crippen LogP contribution >= 0.6 is 11.6 Å². The zero-order chi connectivity index (χ0) is 21.8. The number of ether oxygens (including phenoxy) is 2. The van der Waals surface area contributed by atoms with Crippen molar-refractivity contribution in [1.29, 1.82) is 0 Å². The van der Waals surface area contributed by atoms with E-state index in [1.165, 1.54) is 4.90 Å². The lowest BCUT2D eigenvalue weighted by molar-refractivity contribution is -0.127. The minimum Gasteiger partial charge on any atom is -0.497 e. The molecule has 1 atom stereocenters. The van der Waals surface area contributed by atoms with Crippen molar-refractivity contribution in [3.8, 4) is 11.5 Å². The minimum atomic E-state index is -0.848. The predicted octanol–water partition coefficient (Wildman–Crippen LogP) is 4.07. The van der Waals surface area contributed by atoms with Gasteiger partial charge < -0.3 is 19.7 Å². The van der Waals surface area contributed by atoms with Crippen LogP contribution in [0.4, 0.5) is 5.69 Å². The van der Waals surface area contributed by atoms with Gasteiger partial charge >= 0.3 is 0 Å². The van der Waals surface area contributed by atoms with Crippen molar-refractivity contribution in [2.45, 2.75) is 12.6 Å². The summed E-state index contributed by atoms with van der Waals surface area (Å²) in [6.07, 6.45) is -0.848. The average molecular weight is 437 g/mol. The van der Waals surface area contributed by atoms with Gasteiger partial charge in [-0.25, -0.2) is 0 Å². The van der Waals surface area contributed by atoms with Gasteiger partial charge in [0.05, 0.1) is 19.3 Å². The van der Waals surface area contributed by atoms with E-state index >= 15 is 0 Å². The monoisotopic (exact) mass is 436 g/mol. The van der Waals surface area contributed by atoms with E-state index < -0.39 is 6.10 Å². The highest BCUT2D eigenvalue weighted by molar-refractivity contribution is 6.31. The van der Waals surface area contributed by atoms with E-state index in [0.29, 0.717) is 28.6 Å². The van der Waals surface area contributed by atoms with Gasteiger partial charge in [-0.1, -0.05) is 41.9 Å². The molecule has 1 N–H and O–H groups in total. The number of halogens is 1. The van der Waals surface area contributed by atoms with Crippen LogP contribution in [0.25, 0.3) is 0 Å². The Morgan fingerprint density at radius 3 is 2.55 bits per heavy atom. The van der Waals surface area contributed by atoms with Gasteiger partial charge in [0.2, 0.25) is 0 Å². The zero-order valence-corrected chi connectivity index (χ0v) is 17.6. The quantitative estimate of drug-likeness (QED) is 0.654. The molecule has 6 nitrogen and oxygen atoms in total. The molecule has 1 aliphatic heterocycles. The Labute approximate surface area is 185 Å². The van der Waals surface area contributed by atoms with E-state index in [2.05, 4.69) is 5.32 Å². The van der Waals surface area contributed by atoms with Gasteiger partial charge in [-0.2, -0.15) is 0 Å². The summed E-state index contributed by atoms with van der Waals surface area (Å²) in [5, 5.41) is 3.36. The average Bonchev–Trinajstić information content (AvgIpc) is 2.82. The van der Waals surface area contributed by atoms with Gasteiger partial charge in [-0.15, -0.1) is 0 Å². The number of anilines is 1. The zero-order valence-electron chi connectivity index (χ0n) is 16.9. The Hall–Kier alpha value is -3.51. The normalized spacial score (nSPS) is 14.9. The molecule has 3 aromatic carbocycles. The number of fused-ring (bicyclic) bond motifs is 1. The standard InChI is InChI=1S/C24H21ClN2O4/c1-30-19-10-7-16(8-11-19)14-26-23(28)22-15-27(24(29)17-5-3-2-4-6-17)20-13-18(25)9-12-21(20)31-22/h2-13,22H,14-15H2,1H3,(H,26,28). The molecule has 3 aromatic rings. The second-order valence-corrected chi connectivity index (χ2v) is 7.50. The van der Waals surface area contributed by atoms with Crippen LogP contribution in [-0.4, -0.2) is 31.6 Å². The van der Waals surface area contributed by atoms with Crippen molar-refractivity contribution in [2.24, 2.45) is 0 Å². The fourth-order valence-electron chi connectivity index (χ4n) is 3.37. The number of nitrogens with one attached hydrogen (secondary N) is 1. The van der Waals surface area contributed by atoms with E-state index in [1.54, 1.807) is 49.6 Å². The lowest BCUT2D eigenvalue weighted by Gasteiger charge is -2.34. The maximum Gasteiger partial charge on any atom is 0.263 e. The lowest BCUT2D eigenvalue weighted by Crippen LogP contribution is -2.50. The fourth-order valence-corrected chi connectivity index (χ4v) is 3.53. The van der Waals surface area contributed by atoms with Gasteiger partial charge in [-0.05, 0) is 48.0 Å². The van der Waals surface area contributed by atoms with Crippen LogP contribution in [0.5, 0.6) is 11.5 Å². The molecule has 0 aliphatic carbocycles. The summed E-state index contributed by atoms with van der Waals surface area (Å²) < 4.78 is 11.1. The molecule has 0 saturated heterocycles. The second-order valence-electron chi connectivity index (χ2n) is 7.07. The SMILES string of the molecule is COc1ccc(CNC(=O)C2CN(C(=O)c3ccccc3)c3cc(Cl)ccc3O2)cc1. The van der Waals surface area contributed by atoms with Crippen molar-refractivity contribution in [1.82, 2.24) is 5.32 Å². The third kappa shape index (κ3) is 4.64. The minimum absolute atomic E-state index is 0.0789. The molecule has 7 heteroatoms. The van der Waals surface area contributed by atoms with Crippen molar-refractivity contribution in [3.63, 3.8) is 0 Å². The maximum atomic E-state index is 13.2. The molecule has 0 aromatic heterocycles. The smallest absolute Gasteiger partial charge is 0.263 e. The molecule has 1 heterocycles. The van der Waals surface area contributed by atoms with Gasteiger partial charge in [0, 0.05) is 17.1 Å². The van der Waals surface area contributed by atoms with Crippen molar-refractivity contribution in [3.05, 3.63) is 88.9 Å². The van der Waals surface area contributed by atoms with Crippen LogP contribution < -0.4 is 19.7 Å². The molecule has 0 spiro atoms. The second kappa shape index (κ2) is 9.10. The Balaban J connectivity index is 1.53. The van der Waals surface area contributed by atoms with Gasteiger partial charge in [0.15, 0.2) is 6.10 Å². The highest BCUT2D eigenvalue weighted by Crippen LogP contribution is 2.36. The van der Waals surface area contributed by atoms with E-state index in [-0.39, 0.29) is 18.4 Å². The third-order valence-electron chi connectivity index (χ3n) is 5.01. The number of methoxy groups -OCH3 is 1. The highest BCUT2D eigenvalue weighted by atomic mass is 35.5. The molecule has 158 valence electrons. The number of rotatable bonds is 5. The molecular formula is C24H21ClN2O4.